The summed E-state index contributed by atoms with van der Waals surface area (Å²) in [5.74, 6) is -0.803. The van der Waals surface area contributed by atoms with E-state index in [-0.39, 0.29) is 26.2 Å². The lowest BCUT2D eigenvalue weighted by Crippen LogP contribution is -2.65. The lowest BCUT2D eigenvalue weighted by atomic mass is 9.81. The normalized spacial score (nSPS) is 49.9. The Morgan fingerprint density at radius 2 is 0.560 bits per heavy atom. The monoisotopic (exact) mass is 1600 g/mol. The standard InChI is InChI=1S/C22H40O16.C22H40O14.C21H38O14/c1-2-3-4-33-22-19(38-21-18(32)15(29)12(26)9(6-24)36-21)16(30)13(27)10(37-22)7-34-20-17(31)14(28)11(25)8(5-23)35-20;1-3-4-32-22-19(31)20(35-10-5-9(6-23)13(25)17(29)14(10)26)15(27)11(36-22)7-33-21-18(30)16(28)12(24)8(2)34-21;1-4-5-30-20-17(29)18(35-21-16(28)14(26)11(23)8(3)33-21)12(24)9(34-20)6-31-19-15(27)13(25)10(22)7(2)32-19/h8-32H,2-7H2,1H3;8-31H,3-7H2,1-2H3;7-29H,4-6H2,1-3H3/t8-,9-,10-,11-,12-,13-,14+,15+,16+,17+,18+,19+,20+,21-,22-;8-,9+,10-,11+,12+,13+,14+,15+,16-,17-,18-,19-,20-,21+,22-;7-,8-,9+,10+,11+,12+,13-,14+,15-,16-,17-,18-,19+,20-,21-/m100/s1. The van der Waals surface area contributed by atoms with Gasteiger partial charge in [0.1, 0.15) is 189 Å². The molecule has 0 aromatic heterocycles. The van der Waals surface area contributed by atoms with Crippen LogP contribution in [-0.4, -0.2) is 467 Å². The molecule has 1 aliphatic carbocycles. The van der Waals surface area contributed by atoms with Crippen molar-refractivity contribution in [1.82, 2.24) is 0 Å². The summed E-state index contributed by atoms with van der Waals surface area (Å²) < 4.78 is 94.2. The zero-order valence-corrected chi connectivity index (χ0v) is 60.9. The number of hydrogen-bond acceptors (Lipinski definition) is 44. The smallest absolute Gasteiger partial charge is 0.187 e. The number of unbranched alkanes of at least 4 members (excludes halogenated alkanes) is 1. The van der Waals surface area contributed by atoms with E-state index in [4.69, 9.17) is 80.5 Å². The largest absolute Gasteiger partial charge is 0.396 e. The quantitative estimate of drug-likeness (QED) is 0.0324. The van der Waals surface area contributed by atoms with Gasteiger partial charge in [0.25, 0.3) is 0 Å². The highest BCUT2D eigenvalue weighted by Gasteiger charge is 2.57. The molecule has 9 aliphatic rings. The van der Waals surface area contributed by atoms with Crippen LogP contribution in [0.5, 0.6) is 0 Å². The van der Waals surface area contributed by atoms with Crippen LogP contribution in [0.2, 0.25) is 0 Å². The molecule has 44 nitrogen and oxygen atoms in total. The van der Waals surface area contributed by atoms with Gasteiger partial charge < -0.3 is 218 Å². The molecule has 0 bridgehead atoms. The predicted octanol–water partition coefficient (Wildman–Crippen LogP) is -14.3. The zero-order valence-electron chi connectivity index (χ0n) is 60.9. The summed E-state index contributed by atoms with van der Waals surface area (Å²) in [6, 6.07) is 0. The molecule has 109 heavy (non-hydrogen) atoms. The Balaban J connectivity index is 0.000000228. The van der Waals surface area contributed by atoms with Crippen molar-refractivity contribution in [2.24, 2.45) is 5.92 Å². The molecule has 0 spiro atoms. The third-order valence-electron chi connectivity index (χ3n) is 20.3. The Kier molecular flexibility index (Phi) is 37.8. The van der Waals surface area contributed by atoms with Crippen molar-refractivity contribution in [1.29, 1.82) is 0 Å². The Labute approximate surface area is 625 Å². The Bertz CT molecular complexity index is 2550. The van der Waals surface area contributed by atoms with Gasteiger partial charge in [-0.05, 0) is 46.5 Å². The van der Waals surface area contributed by atoms with E-state index in [1.807, 2.05) is 20.8 Å². The molecule has 8 saturated heterocycles. The van der Waals surface area contributed by atoms with Crippen LogP contribution in [0.15, 0.2) is 0 Å². The fourth-order valence-corrected chi connectivity index (χ4v) is 13.3. The highest BCUT2D eigenvalue weighted by atomic mass is 16.8. The Morgan fingerprint density at radius 1 is 0.248 bits per heavy atom. The van der Waals surface area contributed by atoms with Crippen LogP contribution in [0.4, 0.5) is 0 Å². The molecule has 1 saturated carbocycles. The van der Waals surface area contributed by atoms with E-state index < -0.39 is 316 Å². The SMILES string of the molecule is CCCCO[C@@H]1O[C@H](CO[C@H]2O[C@H](CO)[C@@H](O)[C@H](O)[C@@H]2O)[C@@H](O)[C@H](O)[C@@H]1O[C@H]1O[C@H](CO)[C@@H](O)[C@H](O)[C@@H]1O.CCCO[C@H]1O[C@H](CO[C@@H]2O[C@@H](C)[C@@H](O)[C@H](O)[C@@H]2O)[C@@H](O)[C@H](O[C@@H]2O[C@@H](C)[C@@H](O)[C@@H](O)[C@@H]2O)[C@@H]1O.CCCO[C@H]1O[C@H](CO[C@@H]2O[C@@H](C)[C@@H](O)[C@H](O)[C@@H]2O)[C@@H](O)[C@H](O[C@H]2C[C@H](CO)[C@@H](O)[C@H](O)[C@@H]2O)[C@@H]1O. The van der Waals surface area contributed by atoms with E-state index in [2.05, 4.69) is 0 Å². The zero-order chi connectivity index (χ0) is 80.9. The van der Waals surface area contributed by atoms with E-state index in [1.54, 1.807) is 0 Å². The van der Waals surface area contributed by atoms with Crippen LogP contribution < -0.4 is 0 Å². The molecule has 27 N–H and O–H groups in total. The molecule has 44 heteroatoms. The van der Waals surface area contributed by atoms with Gasteiger partial charge in [-0.2, -0.15) is 0 Å². The van der Waals surface area contributed by atoms with Gasteiger partial charge in [-0.25, -0.2) is 0 Å². The van der Waals surface area contributed by atoms with Gasteiger partial charge in [0.2, 0.25) is 0 Å². The lowest BCUT2D eigenvalue weighted by Gasteiger charge is -2.46. The first kappa shape index (κ1) is 94.4. The molecular formula is C65H118O44. The van der Waals surface area contributed by atoms with Crippen molar-refractivity contribution in [3.8, 4) is 0 Å². The summed E-state index contributed by atoms with van der Waals surface area (Å²) in [5.41, 5.74) is 0. The van der Waals surface area contributed by atoms with E-state index in [1.165, 1.54) is 20.8 Å². The summed E-state index contributed by atoms with van der Waals surface area (Å²) in [7, 11) is 0. The first-order valence-corrected chi connectivity index (χ1v) is 36.6. The maximum atomic E-state index is 11.0. The second kappa shape index (κ2) is 43.6. The van der Waals surface area contributed by atoms with Crippen molar-refractivity contribution in [2.75, 3.05) is 59.5 Å². The lowest BCUT2D eigenvalue weighted by molar-refractivity contribution is -0.372. The first-order chi connectivity index (χ1) is 51.5. The molecule has 8 heterocycles. The number of hydrogen-bond donors (Lipinski definition) is 27. The molecule has 45 atom stereocenters. The van der Waals surface area contributed by atoms with Crippen LogP contribution >= 0.6 is 0 Å². The molecule has 0 aromatic rings. The maximum absolute atomic E-state index is 11.0. The first-order valence-electron chi connectivity index (χ1n) is 36.6. The fraction of sp³-hybridized carbons (Fsp3) is 1.00. The number of ether oxygens (including phenoxy) is 17. The van der Waals surface area contributed by atoms with Gasteiger partial charge >= 0.3 is 0 Å². The van der Waals surface area contributed by atoms with Crippen molar-refractivity contribution in [2.45, 2.75) is 344 Å². The van der Waals surface area contributed by atoms with Gasteiger partial charge in [0.15, 0.2) is 50.3 Å². The van der Waals surface area contributed by atoms with E-state index >= 15 is 0 Å². The molecule has 9 rings (SSSR count). The van der Waals surface area contributed by atoms with E-state index in [9.17, 15) is 138 Å². The second-order valence-corrected chi connectivity index (χ2v) is 28.5. The van der Waals surface area contributed by atoms with Crippen molar-refractivity contribution >= 4 is 0 Å². The molecule has 9 fully saturated rings. The van der Waals surface area contributed by atoms with Gasteiger partial charge in [-0.3, -0.25) is 0 Å². The number of aliphatic hydroxyl groups is 27. The van der Waals surface area contributed by atoms with Crippen LogP contribution in [0, 0.1) is 5.92 Å². The summed E-state index contributed by atoms with van der Waals surface area (Å²) in [4.78, 5) is 0. The predicted molar refractivity (Wildman–Crippen MR) is 349 cm³/mol. The van der Waals surface area contributed by atoms with E-state index in [0.717, 1.165) is 6.42 Å². The van der Waals surface area contributed by atoms with Crippen LogP contribution in [0.1, 0.15) is 73.6 Å². The minimum Gasteiger partial charge on any atom is -0.396 e. The third-order valence-corrected chi connectivity index (χ3v) is 20.3. The number of rotatable bonds is 28. The topological polar surface area (TPSA) is 703 Å². The fourth-order valence-electron chi connectivity index (χ4n) is 13.3. The summed E-state index contributed by atoms with van der Waals surface area (Å²) in [6.45, 7) is 7.41. The average molecular weight is 1600 g/mol. The minimum atomic E-state index is -1.78. The third kappa shape index (κ3) is 23.0. The average Bonchev–Trinajstić information content (AvgIpc) is 0.791. The summed E-state index contributed by atoms with van der Waals surface area (Å²) >= 11 is 0. The van der Waals surface area contributed by atoms with Gasteiger partial charge in [-0.1, -0.05) is 27.2 Å². The van der Waals surface area contributed by atoms with Gasteiger partial charge in [-0.15, -0.1) is 0 Å². The van der Waals surface area contributed by atoms with E-state index in [0.29, 0.717) is 19.3 Å². The molecule has 0 aromatic carbocycles. The molecule has 8 aliphatic heterocycles. The van der Waals surface area contributed by atoms with Crippen molar-refractivity contribution < 1.29 is 218 Å². The molecular weight excluding hydrogens is 1480 g/mol. The minimum absolute atomic E-state index is 0.0610. The molecule has 0 radical (unpaired) electrons. The van der Waals surface area contributed by atoms with Crippen molar-refractivity contribution in [3.05, 3.63) is 0 Å². The Hall–Kier alpha value is -1.76. The Morgan fingerprint density at radius 3 is 0.972 bits per heavy atom. The van der Waals surface area contributed by atoms with Crippen LogP contribution in [0.25, 0.3) is 0 Å². The highest BCUT2D eigenvalue weighted by molar-refractivity contribution is 5.00. The molecule has 0 unspecified atom stereocenters. The summed E-state index contributed by atoms with van der Waals surface area (Å²) in [6.07, 6.45) is -60.6. The summed E-state index contributed by atoms with van der Waals surface area (Å²) in [5, 5.41) is 274. The maximum Gasteiger partial charge on any atom is 0.187 e. The van der Waals surface area contributed by atoms with Crippen LogP contribution in [-0.2, 0) is 80.5 Å². The number of aliphatic hydroxyl groups excluding tert-OH is 27. The molecule has 642 valence electrons. The van der Waals surface area contributed by atoms with Crippen LogP contribution in [0.3, 0.4) is 0 Å². The second-order valence-electron chi connectivity index (χ2n) is 28.5. The van der Waals surface area contributed by atoms with Gasteiger partial charge in [0, 0.05) is 32.3 Å². The molecule has 0 amide bonds. The van der Waals surface area contributed by atoms with Crippen molar-refractivity contribution in [3.63, 3.8) is 0 Å². The highest BCUT2D eigenvalue weighted by Crippen LogP contribution is 2.37. The van der Waals surface area contributed by atoms with Gasteiger partial charge in [0.05, 0.1) is 63.6 Å².